The molecule has 1 atom stereocenters. The molecule has 20 heavy (non-hydrogen) atoms. The fourth-order valence-corrected chi connectivity index (χ4v) is 2.77. The van der Waals surface area contributed by atoms with Gasteiger partial charge in [-0.25, -0.2) is 0 Å². The number of carbonyl (C=O) groups is 2. The van der Waals surface area contributed by atoms with E-state index in [1.807, 2.05) is 18.2 Å². The molecule has 1 aromatic rings. The summed E-state index contributed by atoms with van der Waals surface area (Å²) in [6.07, 6.45) is 0.491. The predicted octanol–water partition coefficient (Wildman–Crippen LogP) is -0.0109. The van der Waals surface area contributed by atoms with E-state index in [-0.39, 0.29) is 11.8 Å². The monoisotopic (exact) mass is 274 g/mol. The molecule has 0 bridgehead atoms. The third kappa shape index (κ3) is 2.02. The van der Waals surface area contributed by atoms with Gasteiger partial charge < -0.3 is 20.9 Å². The minimum Gasteiger partial charge on any atom is -0.369 e. The highest BCUT2D eigenvalue weighted by atomic mass is 16.2. The van der Waals surface area contributed by atoms with Gasteiger partial charge >= 0.3 is 0 Å². The number of hydrogen-bond donors (Lipinski definition) is 2. The molecule has 6 heteroatoms. The first-order valence-corrected chi connectivity index (χ1v) is 6.76. The van der Waals surface area contributed by atoms with E-state index in [1.54, 1.807) is 11.9 Å². The van der Waals surface area contributed by atoms with Crippen LogP contribution in [-0.2, 0) is 9.59 Å². The summed E-state index contributed by atoms with van der Waals surface area (Å²) >= 11 is 0. The van der Waals surface area contributed by atoms with Gasteiger partial charge in [0.1, 0.15) is 6.04 Å². The van der Waals surface area contributed by atoms with Crippen LogP contribution >= 0.6 is 0 Å². The molecule has 3 N–H and O–H groups in total. The molecule has 2 amide bonds. The fraction of sp³-hybridized carbons (Fsp3) is 0.429. The van der Waals surface area contributed by atoms with Gasteiger partial charge in [-0.15, -0.1) is 0 Å². The van der Waals surface area contributed by atoms with Crippen molar-refractivity contribution >= 4 is 23.2 Å². The fourth-order valence-electron chi connectivity index (χ4n) is 2.77. The van der Waals surface area contributed by atoms with E-state index >= 15 is 0 Å². The normalized spacial score (nSPS) is 22.6. The molecule has 0 aliphatic carbocycles. The number of carbonyl (C=O) groups excluding carboxylic acids is 2. The quantitative estimate of drug-likeness (QED) is 0.755. The Morgan fingerprint density at radius 2 is 2.10 bits per heavy atom. The molecular formula is C14H18N4O2. The Morgan fingerprint density at radius 1 is 1.30 bits per heavy atom. The summed E-state index contributed by atoms with van der Waals surface area (Å²) in [5.41, 5.74) is 8.65. The lowest BCUT2D eigenvalue weighted by molar-refractivity contribution is -0.120. The van der Waals surface area contributed by atoms with E-state index < -0.39 is 6.04 Å². The molecule has 2 heterocycles. The van der Waals surface area contributed by atoms with E-state index in [0.717, 1.165) is 23.5 Å². The first-order valence-electron chi connectivity index (χ1n) is 6.76. The van der Waals surface area contributed by atoms with Gasteiger partial charge in [0, 0.05) is 44.4 Å². The molecule has 2 aliphatic heterocycles. The molecule has 1 aromatic carbocycles. The number of hydrogen-bond acceptors (Lipinski definition) is 4. The van der Waals surface area contributed by atoms with Gasteiger partial charge in [-0.2, -0.15) is 0 Å². The van der Waals surface area contributed by atoms with Crippen molar-refractivity contribution in [3.8, 4) is 0 Å². The maximum absolute atomic E-state index is 11.9. The third-order valence-electron chi connectivity index (χ3n) is 3.98. The van der Waals surface area contributed by atoms with Crippen molar-refractivity contribution in [3.63, 3.8) is 0 Å². The van der Waals surface area contributed by atoms with Crippen molar-refractivity contribution in [2.24, 2.45) is 5.73 Å². The number of benzene rings is 1. The number of nitrogens with one attached hydrogen (secondary N) is 1. The molecule has 1 saturated heterocycles. The Kier molecular flexibility index (Phi) is 3.10. The van der Waals surface area contributed by atoms with E-state index in [0.29, 0.717) is 19.5 Å². The van der Waals surface area contributed by atoms with Gasteiger partial charge in [0.05, 0.1) is 5.69 Å². The van der Waals surface area contributed by atoms with Crippen molar-refractivity contribution in [1.82, 2.24) is 5.32 Å². The van der Waals surface area contributed by atoms with Crippen LogP contribution in [0.25, 0.3) is 0 Å². The molecule has 106 valence electrons. The number of fused-ring (bicyclic) bond motifs is 1. The number of nitrogens with zero attached hydrogens (tertiary/aromatic N) is 2. The number of anilines is 2. The maximum Gasteiger partial charge on any atom is 0.248 e. The van der Waals surface area contributed by atoms with Crippen LogP contribution in [0.1, 0.15) is 18.0 Å². The second kappa shape index (κ2) is 4.79. The topological polar surface area (TPSA) is 78.7 Å². The minimum absolute atomic E-state index is 0.0788. The number of likely N-dealkylation sites (N-methyl/N-ethyl adjacent to an activating group) is 1. The summed E-state index contributed by atoms with van der Waals surface area (Å²) in [6, 6.07) is 5.31. The van der Waals surface area contributed by atoms with Crippen LogP contribution in [0.15, 0.2) is 18.2 Å². The summed E-state index contributed by atoms with van der Waals surface area (Å²) < 4.78 is 0. The molecule has 1 fully saturated rings. The lowest BCUT2D eigenvalue weighted by atomic mass is 10.1. The van der Waals surface area contributed by atoms with Crippen molar-refractivity contribution in [2.45, 2.75) is 12.5 Å². The van der Waals surface area contributed by atoms with E-state index in [1.165, 1.54) is 0 Å². The predicted molar refractivity (Wildman–Crippen MR) is 76.6 cm³/mol. The Morgan fingerprint density at radius 3 is 2.90 bits per heavy atom. The summed E-state index contributed by atoms with van der Waals surface area (Å²) in [5, 5.41) is 2.85. The van der Waals surface area contributed by atoms with E-state index in [4.69, 9.17) is 5.73 Å². The second-order valence-electron chi connectivity index (χ2n) is 5.21. The Balaban J connectivity index is 1.90. The average molecular weight is 274 g/mol. The van der Waals surface area contributed by atoms with Crippen molar-refractivity contribution in [1.29, 1.82) is 0 Å². The van der Waals surface area contributed by atoms with Crippen molar-refractivity contribution in [3.05, 3.63) is 23.8 Å². The standard InChI is InChI=1S/C14H18N4O2/c1-17-11-8-9(2-3-10(11)13(15)14(17)20)18-6-4-12(19)16-5-7-18/h2-3,8,13H,4-7,15H2,1H3,(H,16,19). The van der Waals surface area contributed by atoms with Crippen LogP contribution in [-0.4, -0.2) is 38.5 Å². The summed E-state index contributed by atoms with van der Waals surface area (Å²) in [5.74, 6) is 0.00726. The third-order valence-corrected chi connectivity index (χ3v) is 3.98. The summed E-state index contributed by atoms with van der Waals surface area (Å²) in [6.45, 7) is 2.10. The van der Waals surface area contributed by atoms with Gasteiger partial charge in [-0.05, 0) is 12.1 Å². The van der Waals surface area contributed by atoms with Crippen LogP contribution in [0.3, 0.4) is 0 Å². The molecule has 3 rings (SSSR count). The van der Waals surface area contributed by atoms with Crippen LogP contribution in [0.5, 0.6) is 0 Å². The number of amides is 2. The average Bonchev–Trinajstić information content (AvgIpc) is 2.64. The summed E-state index contributed by atoms with van der Waals surface area (Å²) in [4.78, 5) is 27.0. The smallest absolute Gasteiger partial charge is 0.248 e. The van der Waals surface area contributed by atoms with E-state index in [9.17, 15) is 9.59 Å². The Bertz CT molecular complexity index is 572. The maximum atomic E-state index is 11.9. The van der Waals surface area contributed by atoms with Gasteiger partial charge in [-0.1, -0.05) is 6.07 Å². The van der Waals surface area contributed by atoms with Crippen LogP contribution in [0.2, 0.25) is 0 Å². The SMILES string of the molecule is CN1C(=O)C(N)c2ccc(N3CCNC(=O)CC3)cc21. The van der Waals surface area contributed by atoms with Gasteiger partial charge in [-0.3, -0.25) is 9.59 Å². The highest BCUT2D eigenvalue weighted by Crippen LogP contribution is 2.36. The zero-order valence-electron chi connectivity index (χ0n) is 11.4. The van der Waals surface area contributed by atoms with Crippen LogP contribution < -0.4 is 20.9 Å². The first kappa shape index (κ1) is 12.9. The highest BCUT2D eigenvalue weighted by Gasteiger charge is 2.32. The van der Waals surface area contributed by atoms with Crippen molar-refractivity contribution < 1.29 is 9.59 Å². The van der Waals surface area contributed by atoms with Gasteiger partial charge in [0.15, 0.2) is 0 Å². The van der Waals surface area contributed by atoms with Gasteiger partial charge in [0.2, 0.25) is 11.8 Å². The molecule has 0 saturated carbocycles. The molecule has 0 spiro atoms. The second-order valence-corrected chi connectivity index (χ2v) is 5.21. The zero-order valence-corrected chi connectivity index (χ0v) is 11.4. The number of rotatable bonds is 1. The Hall–Kier alpha value is -2.08. The zero-order chi connectivity index (χ0) is 14.3. The molecule has 1 unspecified atom stereocenters. The molecule has 0 radical (unpaired) electrons. The lowest BCUT2D eigenvalue weighted by Gasteiger charge is -2.23. The molecule has 0 aromatic heterocycles. The van der Waals surface area contributed by atoms with Crippen LogP contribution in [0.4, 0.5) is 11.4 Å². The van der Waals surface area contributed by atoms with Crippen molar-refractivity contribution in [2.75, 3.05) is 36.5 Å². The minimum atomic E-state index is -0.559. The Labute approximate surface area is 117 Å². The summed E-state index contributed by atoms with van der Waals surface area (Å²) in [7, 11) is 1.74. The van der Waals surface area contributed by atoms with Crippen LogP contribution in [0, 0.1) is 0 Å². The highest BCUT2D eigenvalue weighted by molar-refractivity contribution is 6.04. The molecule has 2 aliphatic rings. The first-order chi connectivity index (χ1) is 9.58. The van der Waals surface area contributed by atoms with E-state index in [2.05, 4.69) is 10.2 Å². The molecule has 6 nitrogen and oxygen atoms in total. The van der Waals surface area contributed by atoms with Gasteiger partial charge in [0.25, 0.3) is 0 Å². The largest absolute Gasteiger partial charge is 0.369 e. The lowest BCUT2D eigenvalue weighted by Crippen LogP contribution is -2.28. The molecular weight excluding hydrogens is 256 g/mol. The number of nitrogens with two attached hydrogens (primary N) is 1.